The summed E-state index contributed by atoms with van der Waals surface area (Å²) < 4.78 is 45.5. The van der Waals surface area contributed by atoms with Crippen molar-refractivity contribution in [2.75, 3.05) is 31.2 Å². The largest absolute Gasteiger partial charge is 0.490 e. The quantitative estimate of drug-likeness (QED) is 0.431. The van der Waals surface area contributed by atoms with Crippen LogP contribution in [0.15, 0.2) is 18.2 Å². The Bertz CT molecular complexity index is 946. The summed E-state index contributed by atoms with van der Waals surface area (Å²) in [4.78, 5) is 24.5. The molecule has 0 spiro atoms. The number of rotatable bonds is 13. The van der Waals surface area contributed by atoms with Crippen LogP contribution in [-0.4, -0.2) is 56.5 Å². The Hall–Kier alpha value is -2.16. The van der Waals surface area contributed by atoms with Gasteiger partial charge in [-0.15, -0.1) is 0 Å². The number of hydrogen-bond donors (Lipinski definition) is 1. The van der Waals surface area contributed by atoms with Gasteiger partial charge < -0.3 is 9.64 Å². The Morgan fingerprint density at radius 2 is 1.94 bits per heavy atom. The molecule has 0 unspecified atom stereocenters. The number of carbonyl (C=O) groups is 2. The maximum absolute atomic E-state index is 14.2. The number of halogens is 1. The second kappa shape index (κ2) is 11.3. The fourth-order valence-corrected chi connectivity index (χ4v) is 5.93. The summed E-state index contributed by atoms with van der Waals surface area (Å²) in [6.07, 6.45) is 4.40. The second-order valence-electron chi connectivity index (χ2n) is 9.56. The second-order valence-corrected chi connectivity index (χ2v) is 11.8. The van der Waals surface area contributed by atoms with Gasteiger partial charge in [-0.05, 0) is 55.2 Å². The van der Waals surface area contributed by atoms with E-state index in [1.54, 1.807) is 17.0 Å². The summed E-state index contributed by atoms with van der Waals surface area (Å²) in [6, 6.07) is 4.31. The van der Waals surface area contributed by atoms with Crippen molar-refractivity contribution in [3.63, 3.8) is 0 Å². The molecule has 1 aromatic carbocycles. The molecular formula is C24H35FN2O5S. The zero-order valence-corrected chi connectivity index (χ0v) is 20.3. The number of nitrogens with zero attached hydrogens (tertiary/aromatic N) is 1. The van der Waals surface area contributed by atoms with Gasteiger partial charge in [0.25, 0.3) is 0 Å². The van der Waals surface area contributed by atoms with Crippen LogP contribution in [0.5, 0.6) is 5.75 Å². The molecule has 1 saturated heterocycles. The van der Waals surface area contributed by atoms with E-state index in [1.165, 1.54) is 6.07 Å². The highest BCUT2D eigenvalue weighted by Gasteiger charge is 2.26. The SMILES string of the molecule is CC(C)[C@H](CS(=O)(=O)CCCCCN1CCC(=O)NC1=O)c1ccc(F)c(OCC2CC2)c1. The summed E-state index contributed by atoms with van der Waals surface area (Å²) in [6.45, 7) is 5.36. The van der Waals surface area contributed by atoms with Crippen molar-refractivity contribution >= 4 is 21.8 Å². The lowest BCUT2D eigenvalue weighted by molar-refractivity contribution is -0.121. The predicted molar refractivity (Wildman–Crippen MR) is 124 cm³/mol. The number of unbranched alkanes of at least 4 members (excludes halogenated alkanes) is 2. The molecule has 1 aliphatic heterocycles. The molecular weight excluding hydrogens is 447 g/mol. The molecule has 0 radical (unpaired) electrons. The van der Waals surface area contributed by atoms with Crippen LogP contribution in [0.4, 0.5) is 9.18 Å². The molecule has 0 aromatic heterocycles. The molecule has 3 rings (SSSR count). The first-order chi connectivity index (χ1) is 15.6. The van der Waals surface area contributed by atoms with Gasteiger partial charge in [-0.2, -0.15) is 0 Å². The summed E-state index contributed by atoms with van der Waals surface area (Å²) >= 11 is 0. The average Bonchev–Trinajstić information content (AvgIpc) is 3.57. The molecule has 3 amide bonds. The van der Waals surface area contributed by atoms with Gasteiger partial charge in [0.2, 0.25) is 5.91 Å². The first-order valence-electron chi connectivity index (χ1n) is 11.9. The van der Waals surface area contributed by atoms with E-state index < -0.39 is 15.7 Å². The first kappa shape index (κ1) is 25.5. The molecule has 7 nitrogen and oxygen atoms in total. The van der Waals surface area contributed by atoms with E-state index in [2.05, 4.69) is 5.32 Å². The summed E-state index contributed by atoms with van der Waals surface area (Å²) in [5.41, 5.74) is 0.784. The van der Waals surface area contributed by atoms with Gasteiger partial charge in [0.15, 0.2) is 21.4 Å². The number of nitrogens with one attached hydrogen (secondary N) is 1. The number of carbonyl (C=O) groups excluding carboxylic acids is 2. The summed E-state index contributed by atoms with van der Waals surface area (Å²) in [7, 11) is -3.31. The Kier molecular flexibility index (Phi) is 8.73. The van der Waals surface area contributed by atoms with Crippen LogP contribution >= 0.6 is 0 Å². The lowest BCUT2D eigenvalue weighted by Crippen LogP contribution is -2.49. The van der Waals surface area contributed by atoms with E-state index in [9.17, 15) is 22.4 Å². The third kappa shape index (κ3) is 7.98. The normalized spacial score (nSPS) is 17.9. The number of imide groups is 1. The minimum atomic E-state index is -3.31. The average molecular weight is 483 g/mol. The highest BCUT2D eigenvalue weighted by molar-refractivity contribution is 7.91. The highest BCUT2D eigenvalue weighted by atomic mass is 32.2. The Labute approximate surface area is 196 Å². The van der Waals surface area contributed by atoms with E-state index in [0.717, 1.165) is 18.4 Å². The Morgan fingerprint density at radius 3 is 2.61 bits per heavy atom. The molecule has 1 heterocycles. The molecule has 1 atom stereocenters. The number of ether oxygens (including phenoxy) is 1. The molecule has 33 heavy (non-hydrogen) atoms. The standard InChI is InChI=1S/C24H35FN2O5S/c1-17(2)20(19-8-9-21(25)22(14-19)32-15-18-6-7-18)16-33(30,31)13-5-3-4-11-27-12-10-23(28)26-24(27)29/h8-9,14,17-18,20H,3-7,10-13,15-16H2,1-2H3,(H,26,28,29)/t20-/m0/s1. The van der Waals surface area contributed by atoms with Crippen molar-refractivity contribution in [3.05, 3.63) is 29.6 Å². The molecule has 1 aliphatic carbocycles. The van der Waals surface area contributed by atoms with Gasteiger partial charge in [0, 0.05) is 25.4 Å². The predicted octanol–water partition coefficient (Wildman–Crippen LogP) is 3.88. The van der Waals surface area contributed by atoms with Crippen LogP contribution in [0.2, 0.25) is 0 Å². The van der Waals surface area contributed by atoms with Gasteiger partial charge in [-0.25, -0.2) is 17.6 Å². The van der Waals surface area contributed by atoms with Crippen molar-refractivity contribution in [2.45, 2.75) is 58.3 Å². The van der Waals surface area contributed by atoms with Crippen molar-refractivity contribution in [2.24, 2.45) is 11.8 Å². The molecule has 1 N–H and O–H groups in total. The van der Waals surface area contributed by atoms with E-state index in [4.69, 9.17) is 4.74 Å². The monoisotopic (exact) mass is 482 g/mol. The van der Waals surface area contributed by atoms with Crippen molar-refractivity contribution in [1.82, 2.24) is 10.2 Å². The lowest BCUT2D eigenvalue weighted by atomic mass is 9.90. The Balaban J connectivity index is 1.49. The van der Waals surface area contributed by atoms with Crippen LogP contribution in [0.3, 0.4) is 0 Å². The van der Waals surface area contributed by atoms with Crippen molar-refractivity contribution in [3.8, 4) is 5.75 Å². The Morgan fingerprint density at radius 1 is 1.18 bits per heavy atom. The molecule has 1 saturated carbocycles. The summed E-state index contributed by atoms with van der Waals surface area (Å²) in [5, 5.41) is 2.29. The number of amides is 3. The van der Waals surface area contributed by atoms with Crippen LogP contribution in [-0.2, 0) is 14.6 Å². The number of urea groups is 1. The van der Waals surface area contributed by atoms with Crippen LogP contribution in [0, 0.1) is 17.7 Å². The molecule has 0 bridgehead atoms. The zero-order chi connectivity index (χ0) is 24.0. The zero-order valence-electron chi connectivity index (χ0n) is 19.5. The van der Waals surface area contributed by atoms with E-state index >= 15 is 0 Å². The van der Waals surface area contributed by atoms with Crippen LogP contribution < -0.4 is 10.1 Å². The van der Waals surface area contributed by atoms with Crippen molar-refractivity contribution < 1.29 is 27.1 Å². The summed E-state index contributed by atoms with van der Waals surface area (Å²) in [5.74, 6) is -0.0640. The fraction of sp³-hybridized carbons (Fsp3) is 0.667. The van der Waals surface area contributed by atoms with Gasteiger partial charge in [-0.3, -0.25) is 10.1 Å². The minimum absolute atomic E-state index is 0.00894. The fourth-order valence-electron chi connectivity index (χ4n) is 4.00. The number of benzene rings is 1. The van der Waals surface area contributed by atoms with Gasteiger partial charge in [-0.1, -0.05) is 26.3 Å². The van der Waals surface area contributed by atoms with Gasteiger partial charge in [0.1, 0.15) is 0 Å². The number of sulfone groups is 1. The first-order valence-corrected chi connectivity index (χ1v) is 13.7. The molecule has 9 heteroatoms. The molecule has 184 valence electrons. The minimum Gasteiger partial charge on any atom is -0.490 e. The molecule has 2 fully saturated rings. The number of hydrogen-bond acceptors (Lipinski definition) is 5. The van der Waals surface area contributed by atoms with Crippen LogP contribution in [0.25, 0.3) is 0 Å². The third-order valence-corrected chi connectivity index (χ3v) is 8.10. The topological polar surface area (TPSA) is 92.8 Å². The van der Waals surface area contributed by atoms with E-state index in [0.29, 0.717) is 51.3 Å². The maximum Gasteiger partial charge on any atom is 0.324 e. The van der Waals surface area contributed by atoms with Gasteiger partial charge >= 0.3 is 6.03 Å². The maximum atomic E-state index is 14.2. The van der Waals surface area contributed by atoms with Gasteiger partial charge in [0.05, 0.1) is 18.1 Å². The smallest absolute Gasteiger partial charge is 0.324 e. The third-order valence-electron chi connectivity index (χ3n) is 6.32. The van der Waals surface area contributed by atoms with E-state index in [1.807, 2.05) is 13.8 Å². The molecule has 2 aliphatic rings. The lowest BCUT2D eigenvalue weighted by Gasteiger charge is -2.26. The highest BCUT2D eigenvalue weighted by Crippen LogP contribution is 2.33. The van der Waals surface area contributed by atoms with Crippen molar-refractivity contribution in [1.29, 1.82) is 0 Å². The van der Waals surface area contributed by atoms with Crippen LogP contribution in [0.1, 0.15) is 63.9 Å². The van der Waals surface area contributed by atoms with E-state index in [-0.39, 0.29) is 41.0 Å². The molecule has 1 aromatic rings.